The van der Waals surface area contributed by atoms with Crippen LogP contribution in [0.25, 0.3) is 0 Å². The third kappa shape index (κ3) is 3.68. The second-order valence-electron chi connectivity index (χ2n) is 6.18. The summed E-state index contributed by atoms with van der Waals surface area (Å²) in [6.45, 7) is -0.645. The Morgan fingerprint density at radius 2 is 1.85 bits per heavy atom. The number of halogens is 1. The fourth-order valence-corrected chi connectivity index (χ4v) is 2.94. The van der Waals surface area contributed by atoms with Crippen molar-refractivity contribution in [2.45, 2.75) is 55.5 Å². The van der Waals surface area contributed by atoms with Gasteiger partial charge in [0.15, 0.2) is 12.5 Å². The lowest BCUT2D eigenvalue weighted by Crippen LogP contribution is -2.42. The molecule has 13 heteroatoms. The molecular formula is C14H19FN2O10. The Hall–Kier alpha value is -1.71. The van der Waals surface area contributed by atoms with Crippen LogP contribution in [0.5, 0.6) is 0 Å². The smallest absolute Gasteiger partial charge is 0.330 e. The van der Waals surface area contributed by atoms with Gasteiger partial charge in [-0.1, -0.05) is 0 Å². The molecule has 2 aliphatic rings. The largest absolute Gasteiger partial charge is 0.394 e. The first kappa shape index (κ1) is 20.0. The fraction of sp³-hybridized carbons (Fsp3) is 0.714. The molecule has 0 radical (unpaired) electrons. The van der Waals surface area contributed by atoms with Crippen LogP contribution in [0.2, 0.25) is 0 Å². The molecule has 0 amide bonds. The van der Waals surface area contributed by atoms with Gasteiger partial charge in [-0.2, -0.15) is 0 Å². The minimum atomic E-state index is -2.43. The number of nitrogens with one attached hydrogen (secondary N) is 1. The van der Waals surface area contributed by atoms with Crippen molar-refractivity contribution in [3.63, 3.8) is 0 Å². The molecule has 1 aromatic heterocycles. The molecule has 27 heavy (non-hydrogen) atoms. The second-order valence-corrected chi connectivity index (χ2v) is 6.18. The van der Waals surface area contributed by atoms with E-state index in [0.29, 0.717) is 0 Å². The van der Waals surface area contributed by atoms with Crippen molar-refractivity contribution in [3.05, 3.63) is 33.1 Å². The first-order chi connectivity index (χ1) is 12.7. The van der Waals surface area contributed by atoms with Crippen molar-refractivity contribution in [1.29, 1.82) is 0 Å². The summed E-state index contributed by atoms with van der Waals surface area (Å²) >= 11 is 0. The zero-order chi connectivity index (χ0) is 19.9. The van der Waals surface area contributed by atoms with E-state index in [0.717, 1.165) is 16.8 Å². The van der Waals surface area contributed by atoms with Crippen LogP contribution in [-0.2, 0) is 14.2 Å². The van der Waals surface area contributed by atoms with E-state index in [1.165, 1.54) is 0 Å². The maximum absolute atomic E-state index is 14.5. The SMILES string of the molecule is O=c1ccn([C@@H]2O[C@H](C(F)OC3O[C@H](CO)[C@@H](O)[C@@H]3O)[C@@H](O)[C@H]2O)c(=O)[nH]1. The number of hydrogen-bond donors (Lipinski definition) is 6. The van der Waals surface area contributed by atoms with Gasteiger partial charge in [-0.3, -0.25) is 14.3 Å². The highest BCUT2D eigenvalue weighted by atomic mass is 19.1. The Bertz CT molecular complexity index is 771. The molecule has 0 aromatic carbocycles. The minimum Gasteiger partial charge on any atom is -0.394 e. The highest BCUT2D eigenvalue weighted by molar-refractivity contribution is 4.95. The Balaban J connectivity index is 1.72. The van der Waals surface area contributed by atoms with Gasteiger partial charge in [-0.25, -0.2) is 9.18 Å². The summed E-state index contributed by atoms with van der Waals surface area (Å²) in [6, 6.07) is 0.972. The molecule has 3 heterocycles. The number of H-pyrrole nitrogens is 1. The van der Waals surface area contributed by atoms with Crippen LogP contribution < -0.4 is 11.2 Å². The van der Waals surface area contributed by atoms with Gasteiger partial charge in [0.1, 0.15) is 36.6 Å². The number of aromatic amines is 1. The molecule has 3 rings (SSSR count). The lowest BCUT2D eigenvalue weighted by Gasteiger charge is -2.23. The van der Waals surface area contributed by atoms with E-state index < -0.39 is 73.4 Å². The van der Waals surface area contributed by atoms with Gasteiger partial charge >= 0.3 is 5.69 Å². The van der Waals surface area contributed by atoms with Crippen molar-refractivity contribution in [2.75, 3.05) is 6.61 Å². The average Bonchev–Trinajstić information content (AvgIpc) is 3.06. The average molecular weight is 394 g/mol. The molecule has 6 N–H and O–H groups in total. The number of aliphatic hydroxyl groups excluding tert-OH is 5. The number of rotatable bonds is 5. The molecule has 0 spiro atoms. The van der Waals surface area contributed by atoms with E-state index in [1.54, 1.807) is 0 Å². The maximum Gasteiger partial charge on any atom is 0.330 e. The van der Waals surface area contributed by atoms with Crippen LogP contribution in [0.4, 0.5) is 4.39 Å². The molecular weight excluding hydrogens is 375 g/mol. The summed E-state index contributed by atoms with van der Waals surface area (Å²) < 4.78 is 30.2. The third-order valence-corrected chi connectivity index (χ3v) is 4.42. The Morgan fingerprint density at radius 3 is 2.44 bits per heavy atom. The molecule has 1 aromatic rings. The van der Waals surface area contributed by atoms with Crippen molar-refractivity contribution in [2.24, 2.45) is 0 Å². The van der Waals surface area contributed by atoms with Crippen molar-refractivity contribution in [3.8, 4) is 0 Å². The topological polar surface area (TPSA) is 184 Å². The molecule has 2 fully saturated rings. The number of aromatic nitrogens is 2. The van der Waals surface area contributed by atoms with Gasteiger partial charge in [-0.15, -0.1) is 0 Å². The molecule has 0 aliphatic carbocycles. The van der Waals surface area contributed by atoms with E-state index >= 15 is 0 Å². The van der Waals surface area contributed by atoms with E-state index in [2.05, 4.69) is 0 Å². The molecule has 152 valence electrons. The fourth-order valence-electron chi connectivity index (χ4n) is 2.94. The van der Waals surface area contributed by atoms with Crippen LogP contribution in [0.15, 0.2) is 21.9 Å². The van der Waals surface area contributed by atoms with Gasteiger partial charge < -0.3 is 39.7 Å². The van der Waals surface area contributed by atoms with Crippen molar-refractivity contribution >= 4 is 0 Å². The Labute approximate surface area is 150 Å². The molecule has 2 unspecified atom stereocenters. The van der Waals surface area contributed by atoms with Gasteiger partial charge in [0.05, 0.1) is 6.61 Å². The first-order valence-corrected chi connectivity index (χ1v) is 7.99. The molecule has 0 bridgehead atoms. The summed E-state index contributed by atoms with van der Waals surface area (Å²) in [5.41, 5.74) is -1.64. The Kier molecular flexibility index (Phi) is 5.73. The molecule has 2 saturated heterocycles. The normalized spacial score (nSPS) is 40.4. The molecule has 9 atom stereocenters. The summed E-state index contributed by atoms with van der Waals surface area (Å²) in [5, 5.41) is 48.4. The number of alkyl halides is 1. The van der Waals surface area contributed by atoms with Crippen molar-refractivity contribution in [1.82, 2.24) is 9.55 Å². The van der Waals surface area contributed by atoms with Crippen LogP contribution in [0.1, 0.15) is 6.23 Å². The standard InChI is InChI=1S/C14H19FN2O10/c15-11(27-13-9(23)6(20)4(3-18)25-13)10-7(21)8(22)12(26-10)17-2-1-5(19)16-14(17)24/h1-2,4,6-13,18,20-23H,3H2,(H,16,19,24)/t4-,6-,7+,8-,9+,10+,11?,12-,13?/m1/s1. The quantitative estimate of drug-likeness (QED) is 0.287. The summed E-state index contributed by atoms with van der Waals surface area (Å²) in [6.07, 6.45) is -14.3. The van der Waals surface area contributed by atoms with Crippen molar-refractivity contribution < 1.29 is 44.1 Å². The lowest BCUT2D eigenvalue weighted by molar-refractivity contribution is -0.256. The highest BCUT2D eigenvalue weighted by Gasteiger charge is 2.51. The molecule has 12 nitrogen and oxygen atoms in total. The maximum atomic E-state index is 14.5. The number of ether oxygens (including phenoxy) is 3. The van der Waals surface area contributed by atoms with Gasteiger partial charge in [0, 0.05) is 12.3 Å². The number of nitrogens with zero attached hydrogens (tertiary/aromatic N) is 1. The Morgan fingerprint density at radius 1 is 1.15 bits per heavy atom. The minimum absolute atomic E-state index is 0.645. The second kappa shape index (κ2) is 7.73. The van der Waals surface area contributed by atoms with Crippen LogP contribution >= 0.6 is 0 Å². The number of hydrogen-bond acceptors (Lipinski definition) is 10. The van der Waals surface area contributed by atoms with E-state index in [9.17, 15) is 34.4 Å². The van der Waals surface area contributed by atoms with E-state index in [-0.39, 0.29) is 0 Å². The van der Waals surface area contributed by atoms with Crippen LogP contribution in [-0.4, -0.2) is 91.0 Å². The van der Waals surface area contributed by atoms with Crippen LogP contribution in [0, 0.1) is 0 Å². The highest BCUT2D eigenvalue weighted by Crippen LogP contribution is 2.33. The lowest BCUT2D eigenvalue weighted by atomic mass is 10.1. The summed E-state index contributed by atoms with van der Waals surface area (Å²) in [5.74, 6) is 0. The summed E-state index contributed by atoms with van der Waals surface area (Å²) in [7, 11) is 0. The van der Waals surface area contributed by atoms with E-state index in [1.807, 2.05) is 4.98 Å². The zero-order valence-corrected chi connectivity index (χ0v) is 13.7. The third-order valence-electron chi connectivity index (χ3n) is 4.42. The van der Waals surface area contributed by atoms with Gasteiger partial charge in [0.2, 0.25) is 6.36 Å². The predicted molar refractivity (Wildman–Crippen MR) is 81.0 cm³/mol. The first-order valence-electron chi connectivity index (χ1n) is 7.99. The zero-order valence-electron chi connectivity index (χ0n) is 13.7. The van der Waals surface area contributed by atoms with Gasteiger partial charge in [0.25, 0.3) is 5.56 Å². The molecule has 2 aliphatic heterocycles. The van der Waals surface area contributed by atoms with Crippen LogP contribution in [0.3, 0.4) is 0 Å². The van der Waals surface area contributed by atoms with E-state index in [4.69, 9.17) is 19.3 Å². The molecule has 0 saturated carbocycles. The number of aliphatic hydroxyl groups is 5. The van der Waals surface area contributed by atoms with Gasteiger partial charge in [-0.05, 0) is 0 Å². The monoisotopic (exact) mass is 394 g/mol. The predicted octanol–water partition coefficient (Wildman–Crippen LogP) is -4.09. The summed E-state index contributed by atoms with van der Waals surface area (Å²) in [4.78, 5) is 24.8.